The molecule has 1 atom stereocenters. The van der Waals surface area contributed by atoms with Crippen molar-refractivity contribution in [2.24, 2.45) is 17.6 Å². The molecule has 0 aromatic heterocycles. The number of rotatable bonds is 5. The molecule has 0 aliphatic carbocycles. The highest BCUT2D eigenvalue weighted by atomic mass is 79.9. The molecule has 100 valence electrons. The van der Waals surface area contributed by atoms with E-state index in [-0.39, 0.29) is 0 Å². The first kappa shape index (κ1) is 13.8. The Morgan fingerprint density at radius 2 is 1.94 bits per heavy atom. The number of benzene rings is 1. The van der Waals surface area contributed by atoms with E-state index < -0.39 is 0 Å². The fraction of sp³-hybridized carbons (Fsp3) is 0.571. The Balaban J connectivity index is 1.84. The standard InChI is InChI=1S/C14H20BrNO2/c15-13-1-3-14(4-2-13)18-10-12(9-16)11-5-7-17-8-6-11/h1-4,11-12H,5-10,16H2. The number of hydrogen-bond acceptors (Lipinski definition) is 3. The first-order valence-electron chi connectivity index (χ1n) is 6.46. The zero-order valence-electron chi connectivity index (χ0n) is 10.5. The van der Waals surface area contributed by atoms with Crippen LogP contribution in [0.15, 0.2) is 28.7 Å². The number of hydrogen-bond donors (Lipinski definition) is 1. The summed E-state index contributed by atoms with van der Waals surface area (Å²) in [6.07, 6.45) is 2.21. The van der Waals surface area contributed by atoms with E-state index in [9.17, 15) is 0 Å². The lowest BCUT2D eigenvalue weighted by Gasteiger charge is -2.29. The summed E-state index contributed by atoms with van der Waals surface area (Å²) in [5.41, 5.74) is 5.86. The van der Waals surface area contributed by atoms with Gasteiger partial charge in [-0.3, -0.25) is 0 Å². The molecule has 18 heavy (non-hydrogen) atoms. The van der Waals surface area contributed by atoms with E-state index in [4.69, 9.17) is 15.2 Å². The fourth-order valence-corrected chi connectivity index (χ4v) is 2.58. The van der Waals surface area contributed by atoms with Gasteiger partial charge in [0, 0.05) is 23.6 Å². The second kappa shape index (κ2) is 7.12. The van der Waals surface area contributed by atoms with Gasteiger partial charge in [-0.2, -0.15) is 0 Å². The average Bonchev–Trinajstić information content (AvgIpc) is 2.43. The third-order valence-electron chi connectivity index (χ3n) is 3.51. The Hall–Kier alpha value is -0.580. The van der Waals surface area contributed by atoms with Crippen molar-refractivity contribution in [3.8, 4) is 5.75 Å². The van der Waals surface area contributed by atoms with Gasteiger partial charge in [-0.15, -0.1) is 0 Å². The number of ether oxygens (including phenoxy) is 2. The van der Waals surface area contributed by atoms with E-state index in [2.05, 4.69) is 15.9 Å². The van der Waals surface area contributed by atoms with Gasteiger partial charge in [-0.25, -0.2) is 0 Å². The molecule has 0 radical (unpaired) electrons. The molecule has 2 N–H and O–H groups in total. The predicted octanol–water partition coefficient (Wildman–Crippen LogP) is 2.83. The molecule has 1 unspecified atom stereocenters. The molecule has 1 saturated heterocycles. The summed E-state index contributed by atoms with van der Waals surface area (Å²) in [5, 5.41) is 0. The zero-order chi connectivity index (χ0) is 12.8. The van der Waals surface area contributed by atoms with Crippen molar-refractivity contribution in [2.45, 2.75) is 12.8 Å². The van der Waals surface area contributed by atoms with Crippen molar-refractivity contribution in [3.05, 3.63) is 28.7 Å². The van der Waals surface area contributed by atoms with E-state index in [0.29, 0.717) is 25.0 Å². The minimum absolute atomic E-state index is 0.428. The average molecular weight is 314 g/mol. The summed E-state index contributed by atoms with van der Waals surface area (Å²) in [6, 6.07) is 7.92. The van der Waals surface area contributed by atoms with Crippen molar-refractivity contribution >= 4 is 15.9 Å². The van der Waals surface area contributed by atoms with Crippen LogP contribution in [0.1, 0.15) is 12.8 Å². The Labute approximate surface area is 117 Å². The van der Waals surface area contributed by atoms with Gasteiger partial charge in [0.1, 0.15) is 5.75 Å². The van der Waals surface area contributed by atoms with E-state index in [0.717, 1.165) is 36.3 Å². The molecule has 1 aromatic rings. The molecular weight excluding hydrogens is 294 g/mol. The van der Waals surface area contributed by atoms with Crippen molar-refractivity contribution in [1.82, 2.24) is 0 Å². The van der Waals surface area contributed by atoms with Gasteiger partial charge < -0.3 is 15.2 Å². The summed E-state index contributed by atoms with van der Waals surface area (Å²) < 4.78 is 12.3. The molecule has 1 aliphatic rings. The highest BCUT2D eigenvalue weighted by Crippen LogP contribution is 2.24. The van der Waals surface area contributed by atoms with Crippen LogP contribution >= 0.6 is 15.9 Å². The lowest BCUT2D eigenvalue weighted by molar-refractivity contribution is 0.0381. The predicted molar refractivity (Wildman–Crippen MR) is 75.7 cm³/mol. The SMILES string of the molecule is NCC(COc1ccc(Br)cc1)C1CCOCC1. The first-order chi connectivity index (χ1) is 8.79. The Kier molecular flexibility index (Phi) is 5.47. The third-order valence-corrected chi connectivity index (χ3v) is 4.04. The van der Waals surface area contributed by atoms with Gasteiger partial charge in [-0.1, -0.05) is 15.9 Å². The molecule has 1 aliphatic heterocycles. The monoisotopic (exact) mass is 313 g/mol. The summed E-state index contributed by atoms with van der Waals surface area (Å²) in [6.45, 7) is 3.10. The molecule has 4 heteroatoms. The van der Waals surface area contributed by atoms with E-state index in [1.807, 2.05) is 24.3 Å². The maximum Gasteiger partial charge on any atom is 0.119 e. The van der Waals surface area contributed by atoms with E-state index in [1.54, 1.807) is 0 Å². The van der Waals surface area contributed by atoms with Crippen molar-refractivity contribution in [3.63, 3.8) is 0 Å². The van der Waals surface area contributed by atoms with Crippen molar-refractivity contribution < 1.29 is 9.47 Å². The van der Waals surface area contributed by atoms with Crippen LogP contribution in [0.4, 0.5) is 0 Å². The lowest BCUT2D eigenvalue weighted by Crippen LogP contribution is -2.32. The second-order valence-electron chi connectivity index (χ2n) is 4.71. The molecule has 0 bridgehead atoms. The molecule has 1 fully saturated rings. The van der Waals surface area contributed by atoms with Crippen LogP contribution in [-0.2, 0) is 4.74 Å². The molecule has 0 spiro atoms. The van der Waals surface area contributed by atoms with Crippen LogP contribution < -0.4 is 10.5 Å². The maximum atomic E-state index is 5.86. The Morgan fingerprint density at radius 1 is 1.28 bits per heavy atom. The minimum Gasteiger partial charge on any atom is -0.493 e. The number of nitrogens with two attached hydrogens (primary N) is 1. The van der Waals surface area contributed by atoms with E-state index >= 15 is 0 Å². The Bertz CT molecular complexity index is 349. The van der Waals surface area contributed by atoms with Gasteiger partial charge >= 0.3 is 0 Å². The lowest BCUT2D eigenvalue weighted by atomic mass is 9.86. The summed E-state index contributed by atoms with van der Waals surface area (Å²) >= 11 is 3.41. The van der Waals surface area contributed by atoms with Crippen LogP contribution in [0.25, 0.3) is 0 Å². The van der Waals surface area contributed by atoms with Gasteiger partial charge in [0.2, 0.25) is 0 Å². The molecule has 3 nitrogen and oxygen atoms in total. The van der Waals surface area contributed by atoms with Crippen LogP contribution in [-0.4, -0.2) is 26.4 Å². The molecule has 0 amide bonds. The fourth-order valence-electron chi connectivity index (χ4n) is 2.32. The maximum absolute atomic E-state index is 5.86. The zero-order valence-corrected chi connectivity index (χ0v) is 12.1. The first-order valence-corrected chi connectivity index (χ1v) is 7.25. The summed E-state index contributed by atoms with van der Waals surface area (Å²) in [4.78, 5) is 0. The minimum atomic E-state index is 0.428. The second-order valence-corrected chi connectivity index (χ2v) is 5.63. The van der Waals surface area contributed by atoms with Gasteiger partial charge in [0.15, 0.2) is 0 Å². The van der Waals surface area contributed by atoms with Crippen LogP contribution in [0.2, 0.25) is 0 Å². The van der Waals surface area contributed by atoms with Gasteiger partial charge in [-0.05, 0) is 49.6 Å². The van der Waals surface area contributed by atoms with E-state index in [1.165, 1.54) is 0 Å². The number of halogens is 1. The highest BCUT2D eigenvalue weighted by Gasteiger charge is 2.23. The van der Waals surface area contributed by atoms with Crippen molar-refractivity contribution in [1.29, 1.82) is 0 Å². The topological polar surface area (TPSA) is 44.5 Å². The smallest absolute Gasteiger partial charge is 0.119 e. The quantitative estimate of drug-likeness (QED) is 0.909. The summed E-state index contributed by atoms with van der Waals surface area (Å²) in [7, 11) is 0. The molecule has 2 rings (SSSR count). The van der Waals surface area contributed by atoms with Crippen LogP contribution in [0.5, 0.6) is 5.75 Å². The van der Waals surface area contributed by atoms with Crippen LogP contribution in [0, 0.1) is 11.8 Å². The van der Waals surface area contributed by atoms with Gasteiger partial charge in [0.25, 0.3) is 0 Å². The Morgan fingerprint density at radius 3 is 2.56 bits per heavy atom. The van der Waals surface area contributed by atoms with Crippen molar-refractivity contribution in [2.75, 3.05) is 26.4 Å². The highest BCUT2D eigenvalue weighted by molar-refractivity contribution is 9.10. The normalized spacial score (nSPS) is 18.6. The molecule has 1 aromatic carbocycles. The van der Waals surface area contributed by atoms with Gasteiger partial charge in [0.05, 0.1) is 6.61 Å². The summed E-state index contributed by atoms with van der Waals surface area (Å²) in [5.74, 6) is 1.97. The largest absolute Gasteiger partial charge is 0.493 e. The molecular formula is C14H20BrNO2. The van der Waals surface area contributed by atoms with Crippen LogP contribution in [0.3, 0.4) is 0 Å². The third kappa shape index (κ3) is 3.97. The molecule has 0 saturated carbocycles. The molecule has 1 heterocycles.